The molecule has 2 rings (SSSR count). The van der Waals surface area contributed by atoms with Gasteiger partial charge in [-0.3, -0.25) is 9.59 Å². The van der Waals surface area contributed by atoms with Crippen molar-refractivity contribution >= 4 is 17.5 Å². The lowest BCUT2D eigenvalue weighted by Gasteiger charge is -2.21. The summed E-state index contributed by atoms with van der Waals surface area (Å²) in [4.78, 5) is 25.4. The lowest BCUT2D eigenvalue weighted by atomic mass is 10.1. The number of nitrogens with zero attached hydrogens (tertiary/aromatic N) is 1. The molecular formula is C20H21F3N2O2. The number of halogens is 3. The molecule has 0 saturated heterocycles. The van der Waals surface area contributed by atoms with Gasteiger partial charge in [-0.05, 0) is 24.6 Å². The fourth-order valence-corrected chi connectivity index (χ4v) is 2.55. The summed E-state index contributed by atoms with van der Waals surface area (Å²) in [6.07, 6.45) is -4.65. The Hall–Kier alpha value is -2.83. The second-order valence-corrected chi connectivity index (χ2v) is 6.27. The highest BCUT2D eigenvalue weighted by molar-refractivity contribution is 5.92. The van der Waals surface area contributed by atoms with Crippen LogP contribution in [-0.2, 0) is 22.3 Å². The molecule has 0 atom stereocenters. The minimum Gasteiger partial charge on any atom is -0.338 e. The van der Waals surface area contributed by atoms with E-state index < -0.39 is 17.6 Å². The highest BCUT2D eigenvalue weighted by Crippen LogP contribution is 2.34. The molecule has 0 fully saturated rings. The largest absolute Gasteiger partial charge is 0.418 e. The second kappa shape index (κ2) is 8.70. The summed E-state index contributed by atoms with van der Waals surface area (Å²) >= 11 is 0. The van der Waals surface area contributed by atoms with Gasteiger partial charge in [-0.25, -0.2) is 0 Å². The summed E-state index contributed by atoms with van der Waals surface area (Å²) in [5.74, 6) is -0.791. The number of para-hydroxylation sites is 1. The monoisotopic (exact) mass is 378 g/mol. The molecule has 7 heteroatoms. The first-order valence-corrected chi connectivity index (χ1v) is 8.44. The van der Waals surface area contributed by atoms with Crippen LogP contribution in [0.2, 0.25) is 0 Å². The van der Waals surface area contributed by atoms with Crippen LogP contribution in [0.15, 0.2) is 48.5 Å². The van der Waals surface area contributed by atoms with E-state index in [0.29, 0.717) is 6.54 Å². The zero-order valence-electron chi connectivity index (χ0n) is 15.1. The van der Waals surface area contributed by atoms with E-state index in [4.69, 9.17) is 0 Å². The predicted octanol–water partition coefficient (Wildman–Crippen LogP) is 4.39. The molecule has 0 aliphatic carbocycles. The Morgan fingerprint density at radius 3 is 2.26 bits per heavy atom. The van der Waals surface area contributed by atoms with Crippen LogP contribution in [0.25, 0.3) is 0 Å². The van der Waals surface area contributed by atoms with E-state index >= 15 is 0 Å². The summed E-state index contributed by atoms with van der Waals surface area (Å²) in [5, 5.41) is 2.29. The topological polar surface area (TPSA) is 49.4 Å². The van der Waals surface area contributed by atoms with Crippen LogP contribution < -0.4 is 5.32 Å². The SMILES string of the molecule is CC(=O)N(CCC(=O)Nc1ccccc1C(F)(F)F)Cc1ccc(C)cc1. The van der Waals surface area contributed by atoms with Gasteiger partial charge in [-0.2, -0.15) is 13.2 Å². The quantitative estimate of drug-likeness (QED) is 0.810. The number of carbonyl (C=O) groups is 2. The molecule has 1 N–H and O–H groups in total. The predicted molar refractivity (Wildman–Crippen MR) is 97.0 cm³/mol. The van der Waals surface area contributed by atoms with Crippen molar-refractivity contribution in [1.29, 1.82) is 0 Å². The minimum atomic E-state index is -4.55. The Morgan fingerprint density at radius 1 is 1.04 bits per heavy atom. The van der Waals surface area contributed by atoms with Gasteiger partial charge in [0.1, 0.15) is 0 Å². The van der Waals surface area contributed by atoms with Crippen molar-refractivity contribution in [3.05, 3.63) is 65.2 Å². The van der Waals surface area contributed by atoms with Gasteiger partial charge in [0.05, 0.1) is 11.3 Å². The number of nitrogens with one attached hydrogen (secondary N) is 1. The minimum absolute atomic E-state index is 0.0996. The second-order valence-electron chi connectivity index (χ2n) is 6.27. The van der Waals surface area contributed by atoms with Gasteiger partial charge < -0.3 is 10.2 Å². The molecule has 0 bridgehead atoms. The lowest BCUT2D eigenvalue weighted by Crippen LogP contribution is -2.31. The molecule has 0 heterocycles. The fraction of sp³-hybridized carbons (Fsp3) is 0.300. The maximum absolute atomic E-state index is 13.0. The first kappa shape index (κ1) is 20.5. The van der Waals surface area contributed by atoms with Gasteiger partial charge >= 0.3 is 6.18 Å². The van der Waals surface area contributed by atoms with Crippen LogP contribution in [-0.4, -0.2) is 23.3 Å². The van der Waals surface area contributed by atoms with Crippen LogP contribution in [0.4, 0.5) is 18.9 Å². The van der Waals surface area contributed by atoms with E-state index in [0.717, 1.165) is 17.2 Å². The van der Waals surface area contributed by atoms with Gasteiger partial charge in [-0.1, -0.05) is 42.0 Å². The van der Waals surface area contributed by atoms with E-state index in [-0.39, 0.29) is 24.6 Å². The molecule has 2 aromatic rings. The third-order valence-electron chi connectivity index (χ3n) is 4.05. The smallest absolute Gasteiger partial charge is 0.338 e. The van der Waals surface area contributed by atoms with Crippen molar-refractivity contribution in [1.82, 2.24) is 4.90 Å². The van der Waals surface area contributed by atoms with Gasteiger partial charge in [-0.15, -0.1) is 0 Å². The molecule has 0 aliphatic rings. The van der Waals surface area contributed by atoms with E-state index in [1.165, 1.54) is 30.0 Å². The van der Waals surface area contributed by atoms with E-state index in [2.05, 4.69) is 5.32 Å². The molecule has 0 aromatic heterocycles. The maximum Gasteiger partial charge on any atom is 0.418 e. The number of rotatable bonds is 6. The summed E-state index contributed by atoms with van der Waals surface area (Å²) in [6, 6.07) is 12.4. The first-order valence-electron chi connectivity index (χ1n) is 8.44. The van der Waals surface area contributed by atoms with Crippen molar-refractivity contribution in [3.63, 3.8) is 0 Å². The van der Waals surface area contributed by atoms with Crippen molar-refractivity contribution < 1.29 is 22.8 Å². The molecule has 144 valence electrons. The number of benzene rings is 2. The maximum atomic E-state index is 13.0. The number of amides is 2. The van der Waals surface area contributed by atoms with Crippen LogP contribution in [0.3, 0.4) is 0 Å². The number of hydrogen-bond donors (Lipinski definition) is 1. The zero-order valence-corrected chi connectivity index (χ0v) is 15.1. The molecule has 2 aromatic carbocycles. The van der Waals surface area contributed by atoms with Gasteiger partial charge in [0.15, 0.2) is 0 Å². The standard InChI is InChI=1S/C20H21F3N2O2/c1-14-7-9-16(10-8-14)13-25(15(2)26)12-11-19(27)24-18-6-4-3-5-17(18)20(21,22)23/h3-10H,11-13H2,1-2H3,(H,24,27). The molecule has 0 unspecified atom stereocenters. The molecule has 0 spiro atoms. The zero-order chi connectivity index (χ0) is 20.0. The number of alkyl halides is 3. The molecule has 27 heavy (non-hydrogen) atoms. The molecule has 4 nitrogen and oxygen atoms in total. The summed E-state index contributed by atoms with van der Waals surface area (Å²) in [7, 11) is 0. The molecular weight excluding hydrogens is 357 g/mol. The van der Waals surface area contributed by atoms with Crippen molar-refractivity contribution in [2.24, 2.45) is 0 Å². The van der Waals surface area contributed by atoms with Crippen molar-refractivity contribution in [2.75, 3.05) is 11.9 Å². The van der Waals surface area contributed by atoms with Crippen LogP contribution in [0.5, 0.6) is 0 Å². The number of carbonyl (C=O) groups excluding carboxylic acids is 2. The third-order valence-corrected chi connectivity index (χ3v) is 4.05. The molecule has 0 saturated carbocycles. The average Bonchev–Trinajstić information content (AvgIpc) is 2.59. The Balaban J connectivity index is 1.98. The van der Waals surface area contributed by atoms with Crippen LogP contribution in [0.1, 0.15) is 30.0 Å². The van der Waals surface area contributed by atoms with E-state index in [9.17, 15) is 22.8 Å². The highest BCUT2D eigenvalue weighted by atomic mass is 19.4. The van der Waals surface area contributed by atoms with Crippen molar-refractivity contribution in [2.45, 2.75) is 33.0 Å². The summed E-state index contributed by atoms with van der Waals surface area (Å²) in [5.41, 5.74) is 0.818. The molecule has 2 amide bonds. The Kier molecular flexibility index (Phi) is 6.60. The van der Waals surface area contributed by atoms with E-state index in [1.807, 2.05) is 31.2 Å². The van der Waals surface area contributed by atoms with Gasteiger partial charge in [0, 0.05) is 26.4 Å². The Morgan fingerprint density at radius 2 is 1.67 bits per heavy atom. The normalized spacial score (nSPS) is 11.1. The summed E-state index contributed by atoms with van der Waals surface area (Å²) in [6.45, 7) is 3.80. The van der Waals surface area contributed by atoms with Gasteiger partial charge in [0.2, 0.25) is 11.8 Å². The van der Waals surface area contributed by atoms with Gasteiger partial charge in [0.25, 0.3) is 0 Å². The Labute approximate surface area is 156 Å². The molecule has 0 aliphatic heterocycles. The highest BCUT2D eigenvalue weighted by Gasteiger charge is 2.33. The number of hydrogen-bond acceptors (Lipinski definition) is 2. The van der Waals surface area contributed by atoms with Crippen LogP contribution in [0, 0.1) is 6.92 Å². The van der Waals surface area contributed by atoms with E-state index in [1.54, 1.807) is 0 Å². The van der Waals surface area contributed by atoms with Crippen LogP contribution >= 0.6 is 0 Å². The first-order chi connectivity index (χ1) is 12.7. The average molecular weight is 378 g/mol. The molecule has 0 radical (unpaired) electrons. The lowest BCUT2D eigenvalue weighted by molar-refractivity contribution is -0.137. The third kappa shape index (κ3) is 6.13. The Bertz CT molecular complexity index is 802. The number of aryl methyl sites for hydroxylation is 1. The summed E-state index contributed by atoms with van der Waals surface area (Å²) < 4.78 is 39.0. The fourth-order valence-electron chi connectivity index (χ4n) is 2.55. The number of anilines is 1. The van der Waals surface area contributed by atoms with Crippen molar-refractivity contribution in [3.8, 4) is 0 Å².